The van der Waals surface area contributed by atoms with Gasteiger partial charge in [0.1, 0.15) is 53.7 Å². The molecule has 26 rings (SSSR count). The highest BCUT2D eigenvalue weighted by molar-refractivity contribution is 7.92. The summed E-state index contributed by atoms with van der Waals surface area (Å²) in [7, 11) is -11.2. The summed E-state index contributed by atoms with van der Waals surface area (Å²) in [6, 6.07) is 104. The van der Waals surface area contributed by atoms with Gasteiger partial charge in [0.05, 0.1) is 29.4 Å². The third-order valence-corrected chi connectivity index (χ3v) is 37.4. The Balaban J connectivity index is 0.000000111. The van der Waals surface area contributed by atoms with E-state index in [2.05, 4.69) is 264 Å². The number of nitrogens with zero attached hydrogens (tertiary/aromatic N) is 7. The first-order chi connectivity index (χ1) is 71.5. The van der Waals surface area contributed by atoms with E-state index in [9.17, 15) is 25.3 Å². The third kappa shape index (κ3) is 21.0. The number of para-hydroxylation sites is 1. The van der Waals surface area contributed by atoms with E-state index in [0.29, 0.717) is 109 Å². The van der Waals surface area contributed by atoms with Gasteiger partial charge in [-0.2, -0.15) is 34.0 Å². The van der Waals surface area contributed by atoms with Crippen LogP contribution in [0.3, 0.4) is 0 Å². The molecule has 0 spiro atoms. The summed E-state index contributed by atoms with van der Waals surface area (Å²) in [5.41, 5.74) is 21.3. The van der Waals surface area contributed by atoms with Gasteiger partial charge in [0.2, 0.25) is 29.5 Å². The first-order valence-electron chi connectivity index (χ1n) is 47.4. The van der Waals surface area contributed by atoms with Crippen LogP contribution in [0.15, 0.2) is 405 Å². The lowest BCUT2D eigenvalue weighted by Gasteiger charge is -2.31. The molecule has 0 N–H and O–H groups in total. The van der Waals surface area contributed by atoms with Crippen LogP contribution >= 0.6 is 79.4 Å². The van der Waals surface area contributed by atoms with Gasteiger partial charge < -0.3 is 57.7 Å². The number of rotatable bonds is 20. The smallest absolute Gasteiger partial charge is 0.206 e. The van der Waals surface area contributed by atoms with E-state index < -0.39 is 29.5 Å². The first-order valence-corrected chi connectivity index (χ1v) is 58.2. The van der Waals surface area contributed by atoms with Gasteiger partial charge in [0, 0.05) is 146 Å². The Bertz CT molecular complexity index is 7470. The molecule has 0 saturated heterocycles. The van der Waals surface area contributed by atoms with Gasteiger partial charge in [-0.05, 0) is 317 Å². The minimum Gasteiger partial charge on any atom is -0.478 e. The van der Waals surface area contributed by atoms with Crippen molar-refractivity contribution in [3.63, 3.8) is 0 Å². The van der Waals surface area contributed by atoms with Gasteiger partial charge in [-0.15, -0.1) is 45.3 Å². The van der Waals surface area contributed by atoms with Crippen molar-refractivity contribution in [2.75, 3.05) is 71.6 Å². The van der Waals surface area contributed by atoms with E-state index in [1.54, 1.807) is 189 Å². The number of hydrogen-bond acceptors (Lipinski definition) is 27. The largest absolute Gasteiger partial charge is 0.478 e. The summed E-state index contributed by atoms with van der Waals surface area (Å²) in [6.07, 6.45) is 0. The number of anilines is 5. The van der Waals surface area contributed by atoms with E-state index in [4.69, 9.17) is 33.2 Å². The number of fused-ring (bicyclic) bond motifs is 7. The third-order valence-electron chi connectivity index (χ3n) is 26.6. The fourth-order valence-corrected chi connectivity index (χ4v) is 27.8. The standard InChI is InChI=1S/2C36H28N2O4S3.C26H24N2O4S3.C18H15NOS/c39-45(40,33-9-11-35-29(17-33)19-37(23-41-35)31-5-1-25(2-6-31)27-13-15-43-21-27)34-10-12-36-30(18-34)20-38(24-42-36)32-7-3-26(4-8-32)28-14-16-44-22-28;39-45(40,31-13-15-33-27(19-31)21-37(23-41-33)29-9-5-25(6-10-29)35-3-1-17-43-35)32-14-16-34-28(20-32)22-38(24-42-34)30-11-7-26(8-12-30)36-4-2-18-44-36;29-35(30,23-5-7-25-19(11-23)13-27(17-31-25)15-21-3-1-9-33-21)24-6-8-26-20(12-24)14-28(18-32-26)16-22-4-2-10-34-22;1-2-4-18-15(3-1)11-19(13-20-18)17-7-5-14(6-8-17)16-9-10-21-12-16/h1-18,21-22H,19-20,23-24H2;1-20H,21-24H2;1-12H,13-18H2;1-10,12H,11,13H2. The fourth-order valence-electron chi connectivity index (χ4n) is 18.7. The van der Waals surface area contributed by atoms with Gasteiger partial charge in [0.15, 0.2) is 33.7 Å². The fraction of sp³-hybridized carbons (Fsp3) is 0.138. The summed E-state index contributed by atoms with van der Waals surface area (Å²) < 4.78 is 125. The summed E-state index contributed by atoms with van der Waals surface area (Å²) in [5.74, 6) is 5.33. The maximum absolute atomic E-state index is 13.9. The van der Waals surface area contributed by atoms with Crippen LogP contribution in [0.1, 0.15) is 48.7 Å². The lowest BCUT2D eigenvalue weighted by molar-refractivity contribution is 0.0894. The highest BCUT2D eigenvalue weighted by Crippen LogP contribution is 2.44. The number of benzene rings is 12. The van der Waals surface area contributed by atoms with Crippen molar-refractivity contribution in [1.82, 2.24) is 9.80 Å². The van der Waals surface area contributed by atoms with Crippen LogP contribution < -0.4 is 57.7 Å². The molecule has 0 radical (unpaired) electrons. The summed E-state index contributed by atoms with van der Waals surface area (Å²) in [4.78, 5) is 21.5. The lowest BCUT2D eigenvalue weighted by Crippen LogP contribution is -2.32. The Labute approximate surface area is 876 Å². The van der Waals surface area contributed by atoms with E-state index in [-0.39, 0.29) is 29.4 Å². The average Bonchev–Trinajstić information content (AvgIpc) is 1.20. The summed E-state index contributed by atoms with van der Waals surface area (Å²) >= 11 is 11.9. The molecule has 7 aromatic heterocycles. The van der Waals surface area contributed by atoms with Crippen molar-refractivity contribution < 1.29 is 58.4 Å². The molecule has 0 amide bonds. The molecule has 19 aromatic rings. The van der Waals surface area contributed by atoms with Gasteiger partial charge in [-0.1, -0.05) is 103 Å². The molecule has 0 aliphatic carbocycles. The number of hydrogen-bond donors (Lipinski definition) is 0. The topological polar surface area (TPSA) is 190 Å². The average molecular weight is 2120 g/mol. The van der Waals surface area contributed by atoms with Crippen molar-refractivity contribution in [1.29, 1.82) is 0 Å². The molecular formula is C116H95N7O13S10. The van der Waals surface area contributed by atoms with E-state index in [0.717, 1.165) is 104 Å². The molecule has 20 nitrogen and oxygen atoms in total. The second-order valence-electron chi connectivity index (χ2n) is 36.0. The molecule has 0 fully saturated rings. The Morgan fingerprint density at radius 3 is 0.733 bits per heavy atom. The predicted octanol–water partition coefficient (Wildman–Crippen LogP) is 27.5. The monoisotopic (exact) mass is 2110 g/mol. The molecule has 146 heavy (non-hydrogen) atoms. The maximum atomic E-state index is 13.9. The molecule has 7 aliphatic rings. The molecule has 14 heterocycles. The van der Waals surface area contributed by atoms with Crippen LogP contribution in [0.5, 0.6) is 40.2 Å². The van der Waals surface area contributed by atoms with Crippen molar-refractivity contribution in [3.8, 4) is 94.5 Å². The Hall–Kier alpha value is -14.1. The molecule has 30 heteroatoms. The van der Waals surface area contributed by atoms with Crippen LogP contribution in [0.2, 0.25) is 0 Å². The minimum atomic E-state index is -3.78. The summed E-state index contributed by atoms with van der Waals surface area (Å²) in [6.45, 7) is 9.12. The zero-order valence-electron chi connectivity index (χ0n) is 78.7. The minimum absolute atomic E-state index is 0.247. The van der Waals surface area contributed by atoms with Crippen LogP contribution in [0, 0.1) is 0 Å². The number of sulfone groups is 3. The first kappa shape index (κ1) is 95.4. The van der Waals surface area contributed by atoms with Gasteiger partial charge in [-0.3, -0.25) is 9.80 Å². The zero-order chi connectivity index (χ0) is 98.7. The molecule has 0 unspecified atom stereocenters. The second-order valence-corrected chi connectivity index (χ2v) is 48.1. The number of thiophene rings is 7. The highest BCUT2D eigenvalue weighted by Gasteiger charge is 2.33. The summed E-state index contributed by atoms with van der Waals surface area (Å²) in [5, 5.41) is 21.0. The van der Waals surface area contributed by atoms with Crippen LogP contribution in [0.4, 0.5) is 28.4 Å². The predicted molar refractivity (Wildman–Crippen MR) is 587 cm³/mol. The molecule has 0 saturated carbocycles. The lowest BCUT2D eigenvalue weighted by atomic mass is 10.1. The molecule has 0 bridgehead atoms. The van der Waals surface area contributed by atoms with Crippen molar-refractivity contribution in [3.05, 3.63) is 424 Å². The Morgan fingerprint density at radius 2 is 0.466 bits per heavy atom. The van der Waals surface area contributed by atoms with Gasteiger partial charge in [0.25, 0.3) is 0 Å². The van der Waals surface area contributed by atoms with E-state index in [1.807, 2.05) is 36.4 Å². The second kappa shape index (κ2) is 42.2. The van der Waals surface area contributed by atoms with Crippen molar-refractivity contribution in [2.24, 2.45) is 0 Å². The Kier molecular flexibility index (Phi) is 27.6. The molecule has 12 aromatic carbocycles. The molecule has 732 valence electrons. The normalized spacial score (nSPS) is 14.7. The Morgan fingerprint density at radius 1 is 0.212 bits per heavy atom. The SMILES string of the molecule is O=S(=O)(c1ccc2c(c1)CN(Cc1cccs1)CO2)c1ccc2c(c1)CN(Cc1cccs1)CO2.O=S(=O)(c1ccc2c(c1)CN(c1ccc(-c3cccs3)cc1)CO2)c1ccc2c(c1)CN(c1ccc(-c3cccs3)cc1)CO2.O=S(=O)(c1ccc2c(c1)CN(c1ccc(-c3ccsc3)cc1)CO2)c1ccc2c(c1)CN(c1ccc(-c3ccsc3)cc1)CO2.c1ccc2c(c1)CN(c1ccc(-c3ccsc3)cc1)CO2. The highest BCUT2D eigenvalue weighted by atomic mass is 32.2. The van der Waals surface area contributed by atoms with E-state index >= 15 is 0 Å². The molecule has 0 atom stereocenters. The van der Waals surface area contributed by atoms with Crippen LogP contribution in [-0.2, 0) is 88.4 Å². The van der Waals surface area contributed by atoms with Crippen molar-refractivity contribution >= 4 is 137 Å². The quantitative estimate of drug-likeness (QED) is 0.0699. The molecule has 7 aliphatic heterocycles. The maximum Gasteiger partial charge on any atom is 0.206 e. The van der Waals surface area contributed by atoms with E-state index in [1.165, 1.54) is 64.1 Å². The van der Waals surface area contributed by atoms with Crippen molar-refractivity contribution in [2.45, 2.75) is 88.3 Å². The van der Waals surface area contributed by atoms with Crippen LogP contribution in [-0.4, -0.2) is 82.2 Å². The zero-order valence-corrected chi connectivity index (χ0v) is 86.9. The van der Waals surface area contributed by atoms with Gasteiger partial charge >= 0.3 is 0 Å². The van der Waals surface area contributed by atoms with Crippen LogP contribution in [0.25, 0.3) is 54.3 Å². The van der Waals surface area contributed by atoms with Gasteiger partial charge in [-0.25, -0.2) is 25.3 Å². The molecular weight excluding hydrogens is 2020 g/mol. The number of ether oxygens (including phenoxy) is 7.